The molecule has 0 aliphatic carbocycles. The standard InChI is InChI=1S/C16H19ClN4O3/c1-10-5-6-13(9-14(10)21(23)24)16(22)18-7-4-8-20-12(3)15(17)11(2)19-20/h5-6,9H,4,7-8H2,1-3H3,(H,18,22). The Bertz CT molecular complexity index is 786. The minimum absolute atomic E-state index is 0.0556. The van der Waals surface area contributed by atoms with E-state index >= 15 is 0 Å². The van der Waals surface area contributed by atoms with Crippen LogP contribution in [0.15, 0.2) is 18.2 Å². The fraction of sp³-hybridized carbons (Fsp3) is 0.375. The first kappa shape index (κ1) is 17.9. The van der Waals surface area contributed by atoms with Gasteiger partial charge >= 0.3 is 0 Å². The SMILES string of the molecule is Cc1ccc(C(=O)NCCCn2nc(C)c(Cl)c2C)cc1[N+](=O)[O-]. The van der Waals surface area contributed by atoms with E-state index in [2.05, 4.69) is 10.4 Å². The molecule has 0 atom stereocenters. The molecular weight excluding hydrogens is 332 g/mol. The van der Waals surface area contributed by atoms with Crippen LogP contribution in [-0.4, -0.2) is 27.2 Å². The summed E-state index contributed by atoms with van der Waals surface area (Å²) in [5.41, 5.74) is 2.43. The number of carbonyl (C=O) groups excluding carboxylic acids is 1. The Labute approximate surface area is 144 Å². The number of aromatic nitrogens is 2. The lowest BCUT2D eigenvalue weighted by atomic mass is 10.1. The van der Waals surface area contributed by atoms with Crippen LogP contribution < -0.4 is 5.32 Å². The molecule has 7 nitrogen and oxygen atoms in total. The van der Waals surface area contributed by atoms with E-state index in [1.165, 1.54) is 6.07 Å². The van der Waals surface area contributed by atoms with Gasteiger partial charge in [0.25, 0.3) is 11.6 Å². The van der Waals surface area contributed by atoms with E-state index in [4.69, 9.17) is 11.6 Å². The second-order valence-corrected chi connectivity index (χ2v) is 5.95. The van der Waals surface area contributed by atoms with Gasteiger partial charge in [-0.3, -0.25) is 19.6 Å². The summed E-state index contributed by atoms with van der Waals surface area (Å²) in [6.45, 7) is 6.45. The summed E-state index contributed by atoms with van der Waals surface area (Å²) in [6.07, 6.45) is 0.679. The number of halogens is 1. The number of amides is 1. The highest BCUT2D eigenvalue weighted by atomic mass is 35.5. The van der Waals surface area contributed by atoms with Crippen LogP contribution in [0.25, 0.3) is 0 Å². The summed E-state index contributed by atoms with van der Waals surface area (Å²) < 4.78 is 1.81. The minimum atomic E-state index is -0.487. The first-order valence-electron chi connectivity index (χ1n) is 7.54. The van der Waals surface area contributed by atoms with E-state index in [0.29, 0.717) is 30.1 Å². The highest BCUT2D eigenvalue weighted by Crippen LogP contribution is 2.20. The monoisotopic (exact) mass is 350 g/mol. The molecule has 1 amide bonds. The van der Waals surface area contributed by atoms with Gasteiger partial charge in [-0.25, -0.2) is 0 Å². The molecule has 1 N–H and O–H groups in total. The first-order valence-corrected chi connectivity index (χ1v) is 7.91. The maximum Gasteiger partial charge on any atom is 0.273 e. The van der Waals surface area contributed by atoms with Crippen molar-refractivity contribution in [1.82, 2.24) is 15.1 Å². The fourth-order valence-electron chi connectivity index (χ4n) is 2.37. The predicted molar refractivity (Wildman–Crippen MR) is 91.5 cm³/mol. The topological polar surface area (TPSA) is 90.1 Å². The normalized spacial score (nSPS) is 10.7. The van der Waals surface area contributed by atoms with Crippen LogP contribution in [0.4, 0.5) is 5.69 Å². The first-order chi connectivity index (χ1) is 11.3. The zero-order valence-electron chi connectivity index (χ0n) is 13.8. The van der Waals surface area contributed by atoms with Crippen LogP contribution in [0.1, 0.15) is 33.7 Å². The number of nitro benzene ring substituents is 1. The molecule has 0 aliphatic rings. The number of hydrogen-bond donors (Lipinski definition) is 1. The van der Waals surface area contributed by atoms with Crippen LogP contribution in [-0.2, 0) is 6.54 Å². The van der Waals surface area contributed by atoms with Gasteiger partial charge in [-0.05, 0) is 33.3 Å². The van der Waals surface area contributed by atoms with E-state index in [9.17, 15) is 14.9 Å². The summed E-state index contributed by atoms with van der Waals surface area (Å²) in [7, 11) is 0. The molecule has 0 bridgehead atoms. The van der Waals surface area contributed by atoms with Crippen molar-refractivity contribution in [3.63, 3.8) is 0 Å². The quantitative estimate of drug-likeness (QED) is 0.492. The zero-order chi connectivity index (χ0) is 17.9. The van der Waals surface area contributed by atoms with Crippen LogP contribution in [0.5, 0.6) is 0 Å². The lowest BCUT2D eigenvalue weighted by molar-refractivity contribution is -0.385. The van der Waals surface area contributed by atoms with Gasteiger partial charge < -0.3 is 5.32 Å². The van der Waals surface area contributed by atoms with Crippen LogP contribution in [0, 0.1) is 30.9 Å². The largest absolute Gasteiger partial charge is 0.352 e. The number of nitro groups is 1. The van der Waals surface area contributed by atoms with Crippen molar-refractivity contribution in [2.45, 2.75) is 33.7 Å². The molecule has 0 spiro atoms. The Morgan fingerprint density at radius 2 is 2.08 bits per heavy atom. The van der Waals surface area contributed by atoms with Crippen LogP contribution in [0.2, 0.25) is 5.02 Å². The van der Waals surface area contributed by atoms with Gasteiger partial charge in [0.1, 0.15) is 0 Å². The van der Waals surface area contributed by atoms with Crippen molar-refractivity contribution >= 4 is 23.2 Å². The number of aryl methyl sites for hydroxylation is 3. The van der Waals surface area contributed by atoms with Gasteiger partial charge in [-0.15, -0.1) is 0 Å². The highest BCUT2D eigenvalue weighted by Gasteiger charge is 2.15. The van der Waals surface area contributed by atoms with Crippen LogP contribution in [0.3, 0.4) is 0 Å². The van der Waals surface area contributed by atoms with Crippen LogP contribution >= 0.6 is 11.6 Å². The molecule has 1 heterocycles. The Hall–Kier alpha value is -2.41. The lowest BCUT2D eigenvalue weighted by Gasteiger charge is -2.07. The summed E-state index contributed by atoms with van der Waals surface area (Å²) in [6, 6.07) is 4.45. The fourth-order valence-corrected chi connectivity index (χ4v) is 2.51. The molecule has 0 radical (unpaired) electrons. The van der Waals surface area contributed by atoms with Gasteiger partial charge in [-0.1, -0.05) is 17.7 Å². The molecule has 0 fully saturated rings. The number of nitrogens with zero attached hydrogens (tertiary/aromatic N) is 3. The number of carbonyl (C=O) groups is 1. The maximum absolute atomic E-state index is 12.1. The van der Waals surface area contributed by atoms with Gasteiger partial charge in [0.05, 0.1) is 21.3 Å². The number of hydrogen-bond acceptors (Lipinski definition) is 4. The molecule has 2 rings (SSSR count). The Balaban J connectivity index is 1.90. The maximum atomic E-state index is 12.1. The third-order valence-electron chi connectivity index (χ3n) is 3.79. The predicted octanol–water partition coefficient (Wildman–Crippen LogP) is 3.19. The molecule has 8 heteroatoms. The second kappa shape index (κ2) is 7.44. The van der Waals surface area contributed by atoms with Gasteiger partial charge in [-0.2, -0.15) is 5.10 Å². The average Bonchev–Trinajstić information content (AvgIpc) is 2.78. The average molecular weight is 351 g/mol. The summed E-state index contributed by atoms with van der Waals surface area (Å²) in [4.78, 5) is 22.5. The molecule has 0 saturated heterocycles. The van der Waals surface area contributed by atoms with Crippen molar-refractivity contribution in [1.29, 1.82) is 0 Å². The van der Waals surface area contributed by atoms with E-state index in [-0.39, 0.29) is 17.2 Å². The van der Waals surface area contributed by atoms with E-state index in [0.717, 1.165) is 11.4 Å². The van der Waals surface area contributed by atoms with Crippen molar-refractivity contribution in [3.8, 4) is 0 Å². The molecule has 1 aromatic heterocycles. The summed E-state index contributed by atoms with van der Waals surface area (Å²) in [5.74, 6) is -0.329. The van der Waals surface area contributed by atoms with Gasteiger partial charge in [0.2, 0.25) is 0 Å². The smallest absolute Gasteiger partial charge is 0.273 e. The van der Waals surface area contributed by atoms with Crippen molar-refractivity contribution in [2.75, 3.05) is 6.54 Å². The Morgan fingerprint density at radius 1 is 1.38 bits per heavy atom. The Kier molecular flexibility index (Phi) is 5.56. The number of benzene rings is 1. The second-order valence-electron chi connectivity index (χ2n) is 5.58. The summed E-state index contributed by atoms with van der Waals surface area (Å²) >= 11 is 6.09. The third-order valence-corrected chi connectivity index (χ3v) is 4.34. The molecule has 0 saturated carbocycles. The molecule has 0 aliphatic heterocycles. The zero-order valence-corrected chi connectivity index (χ0v) is 14.6. The third kappa shape index (κ3) is 3.91. The minimum Gasteiger partial charge on any atom is -0.352 e. The number of nitrogens with one attached hydrogen (secondary N) is 1. The van der Waals surface area contributed by atoms with Gasteiger partial charge in [0, 0.05) is 30.3 Å². The van der Waals surface area contributed by atoms with E-state index < -0.39 is 4.92 Å². The highest BCUT2D eigenvalue weighted by molar-refractivity contribution is 6.31. The lowest BCUT2D eigenvalue weighted by Crippen LogP contribution is -2.25. The van der Waals surface area contributed by atoms with Gasteiger partial charge in [0.15, 0.2) is 0 Å². The molecule has 0 unspecified atom stereocenters. The Morgan fingerprint density at radius 3 is 2.67 bits per heavy atom. The van der Waals surface area contributed by atoms with E-state index in [1.807, 2.05) is 13.8 Å². The van der Waals surface area contributed by atoms with Crippen molar-refractivity contribution in [2.24, 2.45) is 0 Å². The van der Waals surface area contributed by atoms with E-state index in [1.54, 1.807) is 23.7 Å². The molecule has 1 aromatic carbocycles. The molecule has 2 aromatic rings. The molecule has 128 valence electrons. The van der Waals surface area contributed by atoms with Crippen molar-refractivity contribution < 1.29 is 9.72 Å². The molecule has 24 heavy (non-hydrogen) atoms. The number of rotatable bonds is 6. The van der Waals surface area contributed by atoms with Crippen molar-refractivity contribution in [3.05, 3.63) is 55.9 Å². The summed E-state index contributed by atoms with van der Waals surface area (Å²) in [5, 5.41) is 18.7. The molecular formula is C16H19ClN4O3.